The molecule has 0 aromatic heterocycles. The largest absolute Gasteiger partial charge is 0.322 e. The Labute approximate surface area is 143 Å². The van der Waals surface area contributed by atoms with Gasteiger partial charge in [-0.2, -0.15) is 0 Å². The summed E-state index contributed by atoms with van der Waals surface area (Å²) in [6.07, 6.45) is 0. The van der Waals surface area contributed by atoms with Gasteiger partial charge in [0.2, 0.25) is 0 Å². The minimum atomic E-state index is -0.852. The predicted octanol–water partition coefficient (Wildman–Crippen LogP) is 1.64. The quantitative estimate of drug-likeness (QED) is 0.478. The molecule has 0 unspecified atom stereocenters. The van der Waals surface area contributed by atoms with Crippen molar-refractivity contribution in [3.8, 4) is 0 Å². The number of rotatable bonds is 4. The monoisotopic (exact) mass is 356 g/mol. The Morgan fingerprint density at radius 2 is 1.46 bits per heavy atom. The van der Waals surface area contributed by atoms with Gasteiger partial charge in [-0.15, -0.1) is 0 Å². The number of benzene rings is 2. The number of nitrogens with one attached hydrogen (secondary N) is 2. The average Bonchev–Trinajstić information content (AvgIpc) is 2.88. The van der Waals surface area contributed by atoms with Crippen LogP contribution in [-0.4, -0.2) is 27.6 Å². The Morgan fingerprint density at radius 3 is 2.04 bits per heavy atom. The first kappa shape index (κ1) is 16.7. The summed E-state index contributed by atoms with van der Waals surface area (Å²) >= 11 is 0. The number of carbonyl (C=O) groups excluding carboxylic acids is 3. The first-order chi connectivity index (χ1) is 12.3. The third-order valence-corrected chi connectivity index (χ3v) is 3.58. The molecule has 1 aliphatic heterocycles. The summed E-state index contributed by atoms with van der Waals surface area (Å²) in [4.78, 5) is 55.5. The van der Waals surface area contributed by atoms with E-state index in [1.54, 1.807) is 0 Å². The second-order valence-corrected chi connectivity index (χ2v) is 5.25. The van der Waals surface area contributed by atoms with Crippen molar-refractivity contribution in [2.75, 3.05) is 5.32 Å². The molecule has 0 saturated carbocycles. The minimum absolute atomic E-state index is 0.0674. The third-order valence-electron chi connectivity index (χ3n) is 3.58. The summed E-state index contributed by atoms with van der Waals surface area (Å²) in [5.41, 5.74) is -1.15. The Bertz CT molecular complexity index is 983. The highest BCUT2D eigenvalue weighted by molar-refractivity contribution is 6.22. The van der Waals surface area contributed by atoms with Crippen LogP contribution in [0.3, 0.4) is 0 Å². The van der Waals surface area contributed by atoms with Gasteiger partial charge in [0, 0.05) is 17.8 Å². The standard InChI is InChI=1S/C15H8N4O7/c20-13(7-3-9(18(23)24)6-10(4-7)19(25)26)16-8-1-2-11-12(5-8)15(22)17-14(11)21/h1-6H,(H,16,20)(H,17,21,22). The Balaban J connectivity index is 1.93. The molecule has 3 amide bonds. The third kappa shape index (κ3) is 2.96. The van der Waals surface area contributed by atoms with Gasteiger partial charge >= 0.3 is 0 Å². The molecule has 11 heteroatoms. The van der Waals surface area contributed by atoms with Crippen LogP contribution < -0.4 is 10.6 Å². The van der Waals surface area contributed by atoms with Crippen molar-refractivity contribution in [2.24, 2.45) is 0 Å². The maximum atomic E-state index is 12.3. The van der Waals surface area contributed by atoms with Crippen LogP contribution in [-0.2, 0) is 0 Å². The van der Waals surface area contributed by atoms with Crippen molar-refractivity contribution in [3.05, 3.63) is 73.3 Å². The van der Waals surface area contributed by atoms with Crippen LogP contribution >= 0.6 is 0 Å². The van der Waals surface area contributed by atoms with E-state index in [4.69, 9.17) is 0 Å². The second kappa shape index (κ2) is 6.05. The molecule has 2 aromatic carbocycles. The van der Waals surface area contributed by atoms with Crippen molar-refractivity contribution in [3.63, 3.8) is 0 Å². The number of amides is 3. The second-order valence-electron chi connectivity index (χ2n) is 5.25. The molecule has 1 aliphatic rings. The number of imide groups is 1. The normalized spacial score (nSPS) is 12.3. The van der Waals surface area contributed by atoms with E-state index >= 15 is 0 Å². The van der Waals surface area contributed by atoms with Crippen molar-refractivity contribution < 1.29 is 24.2 Å². The number of nitro groups is 2. The lowest BCUT2D eigenvalue weighted by molar-refractivity contribution is -0.394. The molecule has 0 fully saturated rings. The molecule has 0 saturated heterocycles. The van der Waals surface area contributed by atoms with Gasteiger partial charge in [0.05, 0.1) is 32.6 Å². The van der Waals surface area contributed by atoms with E-state index < -0.39 is 38.9 Å². The molecule has 2 N–H and O–H groups in total. The summed E-state index contributed by atoms with van der Waals surface area (Å²) in [6, 6.07) is 6.49. The van der Waals surface area contributed by atoms with Crippen LogP contribution in [0.5, 0.6) is 0 Å². The number of fused-ring (bicyclic) bond motifs is 1. The zero-order valence-electron chi connectivity index (χ0n) is 12.7. The highest BCUT2D eigenvalue weighted by Gasteiger charge is 2.27. The van der Waals surface area contributed by atoms with E-state index in [1.165, 1.54) is 18.2 Å². The van der Waals surface area contributed by atoms with Crippen LogP contribution in [0.25, 0.3) is 0 Å². The van der Waals surface area contributed by atoms with E-state index in [2.05, 4.69) is 10.6 Å². The molecule has 0 atom stereocenters. The van der Waals surface area contributed by atoms with Crippen LogP contribution in [0.15, 0.2) is 36.4 Å². The molecule has 0 aliphatic carbocycles. The highest BCUT2D eigenvalue weighted by Crippen LogP contribution is 2.24. The SMILES string of the molecule is O=C(Nc1ccc2c(c1)C(=O)NC2=O)c1cc([N+](=O)[O-])cc([N+](=O)[O-])c1. The molecule has 130 valence electrons. The summed E-state index contributed by atoms with van der Waals surface area (Å²) in [5, 5.41) is 26.2. The maximum absolute atomic E-state index is 12.3. The summed E-state index contributed by atoms with van der Waals surface area (Å²) in [5.74, 6) is -2.02. The number of hydrogen-bond donors (Lipinski definition) is 2. The van der Waals surface area contributed by atoms with E-state index in [1.807, 2.05) is 0 Å². The molecule has 0 bridgehead atoms. The minimum Gasteiger partial charge on any atom is -0.322 e. The molecule has 1 heterocycles. The number of hydrogen-bond acceptors (Lipinski definition) is 7. The number of anilines is 1. The van der Waals surface area contributed by atoms with Gasteiger partial charge in [-0.1, -0.05) is 0 Å². The number of non-ortho nitro benzene ring substituents is 2. The average molecular weight is 356 g/mol. The van der Waals surface area contributed by atoms with Crippen molar-refractivity contribution >= 4 is 34.8 Å². The Hall–Kier alpha value is -4.15. The molecule has 11 nitrogen and oxygen atoms in total. The van der Waals surface area contributed by atoms with Crippen LogP contribution in [0.4, 0.5) is 17.1 Å². The van der Waals surface area contributed by atoms with Gasteiger partial charge in [-0.3, -0.25) is 39.9 Å². The zero-order valence-corrected chi connectivity index (χ0v) is 12.7. The van der Waals surface area contributed by atoms with Gasteiger partial charge in [-0.25, -0.2) is 0 Å². The van der Waals surface area contributed by atoms with Gasteiger partial charge in [0.1, 0.15) is 0 Å². The Kier molecular flexibility index (Phi) is 3.89. The van der Waals surface area contributed by atoms with E-state index in [9.17, 15) is 34.6 Å². The molecule has 2 aromatic rings. The summed E-state index contributed by atoms with van der Waals surface area (Å²) in [7, 11) is 0. The topological polar surface area (TPSA) is 162 Å². The van der Waals surface area contributed by atoms with E-state index in [0.717, 1.165) is 18.2 Å². The molecule has 0 radical (unpaired) electrons. The van der Waals surface area contributed by atoms with E-state index in [0.29, 0.717) is 0 Å². The fourth-order valence-electron chi connectivity index (χ4n) is 2.39. The van der Waals surface area contributed by atoms with Crippen LogP contribution in [0.2, 0.25) is 0 Å². The fraction of sp³-hybridized carbons (Fsp3) is 0. The van der Waals surface area contributed by atoms with Crippen molar-refractivity contribution in [1.82, 2.24) is 5.32 Å². The number of nitrogens with zero attached hydrogens (tertiary/aromatic N) is 2. The van der Waals surface area contributed by atoms with Crippen LogP contribution in [0, 0.1) is 20.2 Å². The predicted molar refractivity (Wildman–Crippen MR) is 85.9 cm³/mol. The molecule has 0 spiro atoms. The fourth-order valence-corrected chi connectivity index (χ4v) is 2.39. The lowest BCUT2D eigenvalue weighted by atomic mass is 10.1. The number of carbonyl (C=O) groups is 3. The summed E-state index contributed by atoms with van der Waals surface area (Å²) < 4.78 is 0. The molecular weight excluding hydrogens is 348 g/mol. The van der Waals surface area contributed by atoms with Gasteiger partial charge in [0.25, 0.3) is 29.1 Å². The van der Waals surface area contributed by atoms with Crippen molar-refractivity contribution in [1.29, 1.82) is 0 Å². The summed E-state index contributed by atoms with van der Waals surface area (Å²) in [6.45, 7) is 0. The smallest absolute Gasteiger partial charge is 0.277 e. The lowest BCUT2D eigenvalue weighted by Crippen LogP contribution is -2.19. The highest BCUT2D eigenvalue weighted by atomic mass is 16.6. The lowest BCUT2D eigenvalue weighted by Gasteiger charge is -2.06. The number of nitro benzene ring substituents is 2. The maximum Gasteiger partial charge on any atom is 0.277 e. The van der Waals surface area contributed by atoms with E-state index in [-0.39, 0.29) is 22.4 Å². The van der Waals surface area contributed by atoms with Crippen LogP contribution in [0.1, 0.15) is 31.1 Å². The van der Waals surface area contributed by atoms with Gasteiger partial charge < -0.3 is 5.32 Å². The van der Waals surface area contributed by atoms with Gasteiger partial charge in [-0.05, 0) is 18.2 Å². The first-order valence-corrected chi connectivity index (χ1v) is 7.01. The molecule has 3 rings (SSSR count). The van der Waals surface area contributed by atoms with Crippen molar-refractivity contribution in [2.45, 2.75) is 0 Å². The van der Waals surface area contributed by atoms with Gasteiger partial charge in [0.15, 0.2) is 0 Å². The Morgan fingerprint density at radius 1 is 0.885 bits per heavy atom. The molecule has 26 heavy (non-hydrogen) atoms. The first-order valence-electron chi connectivity index (χ1n) is 7.01. The molecular formula is C15H8N4O7. The zero-order chi connectivity index (χ0) is 19.0.